The summed E-state index contributed by atoms with van der Waals surface area (Å²) in [6.45, 7) is 5.13. The lowest BCUT2D eigenvalue weighted by molar-refractivity contribution is -0.385. The Bertz CT molecular complexity index is 792. The number of nitro benzene ring substituents is 1. The van der Waals surface area contributed by atoms with Gasteiger partial charge >= 0.3 is 5.69 Å². The number of sulfone groups is 1. The van der Waals surface area contributed by atoms with Crippen LogP contribution in [0.2, 0.25) is 0 Å². The molecule has 0 radical (unpaired) electrons. The second-order valence-electron chi connectivity index (χ2n) is 6.63. The average molecular weight is 384 g/mol. The van der Waals surface area contributed by atoms with Gasteiger partial charge in [-0.15, -0.1) is 0 Å². The molecule has 1 aromatic rings. The molecule has 1 aliphatic heterocycles. The van der Waals surface area contributed by atoms with Crippen LogP contribution in [0.5, 0.6) is 5.75 Å². The monoisotopic (exact) mass is 384 g/mol. The summed E-state index contributed by atoms with van der Waals surface area (Å²) < 4.78 is 29.0. The van der Waals surface area contributed by atoms with Crippen LogP contribution in [0.1, 0.15) is 32.3 Å². The first kappa shape index (κ1) is 20.2. The lowest BCUT2D eigenvalue weighted by Gasteiger charge is -2.33. The molecule has 0 bridgehead atoms. The molecule has 0 N–H and O–H groups in total. The van der Waals surface area contributed by atoms with Crippen molar-refractivity contribution in [3.63, 3.8) is 0 Å². The smallest absolute Gasteiger partial charge is 0.311 e. The van der Waals surface area contributed by atoms with Crippen LogP contribution in [0.25, 0.3) is 0 Å². The molecule has 0 aliphatic carbocycles. The van der Waals surface area contributed by atoms with Crippen LogP contribution in [-0.2, 0) is 14.6 Å². The van der Waals surface area contributed by atoms with E-state index in [1.54, 1.807) is 17.9 Å². The standard InChI is InChI=1S/C17H24N2O6S/c1-4-13(3)18(14-7-8-26(23,24)11-14)17(20)10-25-16-6-5-12(2)9-15(16)19(21)22/h5-6,9,13-14H,4,7-8,10-11H2,1-3H3/t13-,14+/m0/s1. The zero-order chi connectivity index (χ0) is 19.5. The Morgan fingerprint density at radius 2 is 2.15 bits per heavy atom. The fourth-order valence-electron chi connectivity index (χ4n) is 3.11. The van der Waals surface area contributed by atoms with Crippen molar-refractivity contribution in [1.29, 1.82) is 0 Å². The first-order valence-electron chi connectivity index (χ1n) is 8.54. The van der Waals surface area contributed by atoms with Gasteiger partial charge in [-0.1, -0.05) is 13.0 Å². The van der Waals surface area contributed by atoms with Crippen molar-refractivity contribution in [3.8, 4) is 5.75 Å². The molecule has 0 saturated carbocycles. The minimum atomic E-state index is -3.13. The van der Waals surface area contributed by atoms with Gasteiger partial charge in [-0.3, -0.25) is 14.9 Å². The van der Waals surface area contributed by atoms with Crippen molar-refractivity contribution in [2.45, 2.75) is 45.7 Å². The first-order chi connectivity index (χ1) is 12.1. The molecule has 1 saturated heterocycles. The molecule has 0 spiro atoms. The summed E-state index contributed by atoms with van der Waals surface area (Å²) in [5.74, 6) is -0.316. The van der Waals surface area contributed by atoms with Gasteiger partial charge in [0, 0.05) is 18.2 Å². The second-order valence-corrected chi connectivity index (χ2v) is 8.86. The number of carbonyl (C=O) groups is 1. The summed E-state index contributed by atoms with van der Waals surface area (Å²) in [6.07, 6.45) is 1.08. The van der Waals surface area contributed by atoms with Crippen molar-refractivity contribution >= 4 is 21.4 Å². The molecule has 1 aliphatic rings. The van der Waals surface area contributed by atoms with Crippen LogP contribution >= 0.6 is 0 Å². The van der Waals surface area contributed by atoms with E-state index in [0.29, 0.717) is 18.4 Å². The number of hydrogen-bond donors (Lipinski definition) is 0. The Morgan fingerprint density at radius 3 is 2.69 bits per heavy atom. The van der Waals surface area contributed by atoms with E-state index in [1.165, 1.54) is 12.1 Å². The Labute approximate surface area is 153 Å². The average Bonchev–Trinajstić information content (AvgIpc) is 2.92. The summed E-state index contributed by atoms with van der Waals surface area (Å²) >= 11 is 0. The molecule has 0 unspecified atom stereocenters. The third-order valence-corrected chi connectivity index (χ3v) is 6.37. The minimum Gasteiger partial charge on any atom is -0.477 e. The van der Waals surface area contributed by atoms with Gasteiger partial charge in [-0.25, -0.2) is 8.42 Å². The van der Waals surface area contributed by atoms with Crippen LogP contribution < -0.4 is 4.74 Å². The topological polar surface area (TPSA) is 107 Å². The largest absolute Gasteiger partial charge is 0.477 e. The highest BCUT2D eigenvalue weighted by molar-refractivity contribution is 7.91. The maximum absolute atomic E-state index is 12.7. The van der Waals surface area contributed by atoms with Crippen LogP contribution in [0.3, 0.4) is 0 Å². The van der Waals surface area contributed by atoms with E-state index in [0.717, 1.165) is 0 Å². The normalized spacial score (nSPS) is 19.7. The Morgan fingerprint density at radius 1 is 1.46 bits per heavy atom. The highest BCUT2D eigenvalue weighted by Crippen LogP contribution is 2.28. The summed E-state index contributed by atoms with van der Waals surface area (Å²) in [5.41, 5.74) is 0.518. The third-order valence-electron chi connectivity index (χ3n) is 4.62. The Balaban J connectivity index is 2.14. The van der Waals surface area contributed by atoms with E-state index < -0.39 is 14.8 Å². The van der Waals surface area contributed by atoms with E-state index in [-0.39, 0.29) is 47.5 Å². The van der Waals surface area contributed by atoms with Gasteiger partial charge in [-0.05, 0) is 38.3 Å². The number of nitro groups is 1. The molecule has 26 heavy (non-hydrogen) atoms. The van der Waals surface area contributed by atoms with Crippen molar-refractivity contribution in [2.24, 2.45) is 0 Å². The maximum atomic E-state index is 12.7. The molecule has 1 aromatic carbocycles. The highest BCUT2D eigenvalue weighted by atomic mass is 32.2. The van der Waals surface area contributed by atoms with E-state index in [1.807, 2.05) is 13.8 Å². The van der Waals surface area contributed by atoms with Crippen molar-refractivity contribution in [1.82, 2.24) is 4.90 Å². The lowest BCUT2D eigenvalue weighted by atomic mass is 10.1. The summed E-state index contributed by atoms with van der Waals surface area (Å²) in [5, 5.41) is 11.2. The fourth-order valence-corrected chi connectivity index (χ4v) is 4.82. The van der Waals surface area contributed by atoms with Crippen LogP contribution in [-0.4, -0.2) is 54.3 Å². The molecule has 1 heterocycles. The van der Waals surface area contributed by atoms with Crippen molar-refractivity contribution < 1.29 is 22.9 Å². The number of aryl methyl sites for hydroxylation is 1. The minimum absolute atomic E-state index is 0.0251. The maximum Gasteiger partial charge on any atom is 0.311 e. The number of rotatable bonds is 7. The summed E-state index contributed by atoms with van der Waals surface area (Å²) in [7, 11) is -3.13. The summed E-state index contributed by atoms with van der Waals surface area (Å²) in [6, 6.07) is 4.00. The Hall–Kier alpha value is -2.16. The first-order valence-corrected chi connectivity index (χ1v) is 10.4. The SMILES string of the molecule is CC[C@H](C)N(C(=O)COc1ccc(C)cc1[N+](=O)[O-])[C@@H]1CCS(=O)(=O)C1. The number of ether oxygens (including phenoxy) is 1. The van der Waals surface area contributed by atoms with Gasteiger partial charge in [0.25, 0.3) is 5.91 Å². The number of nitrogens with zero attached hydrogens (tertiary/aromatic N) is 2. The number of benzene rings is 1. The number of hydrogen-bond acceptors (Lipinski definition) is 6. The molecular formula is C17H24N2O6S. The van der Waals surface area contributed by atoms with Crippen LogP contribution in [0.4, 0.5) is 5.69 Å². The molecule has 0 aromatic heterocycles. The molecular weight excluding hydrogens is 360 g/mol. The zero-order valence-electron chi connectivity index (χ0n) is 15.2. The van der Waals surface area contributed by atoms with E-state index in [4.69, 9.17) is 4.74 Å². The number of carbonyl (C=O) groups excluding carboxylic acids is 1. The summed E-state index contributed by atoms with van der Waals surface area (Å²) in [4.78, 5) is 24.9. The fraction of sp³-hybridized carbons (Fsp3) is 0.588. The van der Waals surface area contributed by atoms with Gasteiger partial charge in [-0.2, -0.15) is 0 Å². The van der Waals surface area contributed by atoms with E-state index in [2.05, 4.69) is 0 Å². The molecule has 1 fully saturated rings. The van der Waals surface area contributed by atoms with Crippen LogP contribution in [0.15, 0.2) is 18.2 Å². The second kappa shape index (κ2) is 8.03. The third kappa shape index (κ3) is 4.72. The number of amides is 1. The highest BCUT2D eigenvalue weighted by Gasteiger charge is 2.36. The van der Waals surface area contributed by atoms with Gasteiger partial charge in [0.05, 0.1) is 16.4 Å². The van der Waals surface area contributed by atoms with Crippen molar-refractivity contribution in [3.05, 3.63) is 33.9 Å². The molecule has 1 amide bonds. The van der Waals surface area contributed by atoms with E-state index >= 15 is 0 Å². The zero-order valence-corrected chi connectivity index (χ0v) is 16.0. The Kier molecular flexibility index (Phi) is 6.22. The van der Waals surface area contributed by atoms with E-state index in [9.17, 15) is 23.3 Å². The molecule has 8 nitrogen and oxygen atoms in total. The van der Waals surface area contributed by atoms with Gasteiger partial charge in [0.15, 0.2) is 22.2 Å². The molecule has 9 heteroatoms. The predicted octanol–water partition coefficient (Wildman–Crippen LogP) is 2.10. The molecule has 144 valence electrons. The predicted molar refractivity (Wildman–Crippen MR) is 97.0 cm³/mol. The molecule has 2 rings (SSSR count). The van der Waals surface area contributed by atoms with Crippen LogP contribution in [0, 0.1) is 17.0 Å². The lowest BCUT2D eigenvalue weighted by Crippen LogP contribution is -2.48. The van der Waals surface area contributed by atoms with Gasteiger partial charge in [0.1, 0.15) is 0 Å². The van der Waals surface area contributed by atoms with Gasteiger partial charge in [0.2, 0.25) is 0 Å². The molecule has 2 atom stereocenters. The van der Waals surface area contributed by atoms with Crippen molar-refractivity contribution in [2.75, 3.05) is 18.1 Å². The van der Waals surface area contributed by atoms with Gasteiger partial charge < -0.3 is 9.64 Å². The quantitative estimate of drug-likeness (QED) is 0.526.